The molecule has 5 nitrogen and oxygen atoms in total. The van der Waals surface area contributed by atoms with Gasteiger partial charge < -0.3 is 15.0 Å². The molecule has 2 fully saturated rings. The van der Waals surface area contributed by atoms with Crippen LogP contribution >= 0.6 is 11.3 Å². The summed E-state index contributed by atoms with van der Waals surface area (Å²) in [5.41, 5.74) is 0.589. The summed E-state index contributed by atoms with van der Waals surface area (Å²) in [6.07, 6.45) is 3.60. The third-order valence-corrected chi connectivity index (χ3v) is 5.28. The summed E-state index contributed by atoms with van der Waals surface area (Å²) in [7, 11) is 0. The third kappa shape index (κ3) is 2.96. The highest BCUT2D eigenvalue weighted by Crippen LogP contribution is 2.36. The predicted octanol–water partition coefficient (Wildman–Crippen LogP) is 2.63. The first-order chi connectivity index (χ1) is 11.2. The number of carbonyl (C=O) groups is 1. The number of thiophene rings is 1. The number of hydrogen-bond acceptors (Lipinski definition) is 5. The summed E-state index contributed by atoms with van der Waals surface area (Å²) in [5, 5.41) is 7.28. The molecule has 1 N–H and O–H groups in total. The maximum absolute atomic E-state index is 12.5. The Bertz CT molecular complexity index is 676. The van der Waals surface area contributed by atoms with E-state index in [4.69, 9.17) is 4.74 Å². The lowest BCUT2D eigenvalue weighted by Gasteiger charge is -2.23. The molecule has 120 valence electrons. The lowest BCUT2D eigenvalue weighted by molar-refractivity contribution is 0.0125. The normalized spacial score (nSPS) is 26.8. The van der Waals surface area contributed by atoms with Crippen molar-refractivity contribution < 1.29 is 9.53 Å². The first-order valence-corrected chi connectivity index (χ1v) is 8.81. The van der Waals surface area contributed by atoms with Crippen molar-refractivity contribution in [3.8, 4) is 0 Å². The summed E-state index contributed by atoms with van der Waals surface area (Å²) >= 11 is 1.56. The molecule has 23 heavy (non-hydrogen) atoms. The van der Waals surface area contributed by atoms with Crippen molar-refractivity contribution in [1.82, 2.24) is 9.88 Å². The number of likely N-dealkylation sites (tertiary alicyclic amines) is 1. The van der Waals surface area contributed by atoms with Gasteiger partial charge in [-0.2, -0.15) is 11.3 Å². The zero-order valence-corrected chi connectivity index (χ0v) is 13.6. The van der Waals surface area contributed by atoms with E-state index in [1.165, 1.54) is 0 Å². The predicted molar refractivity (Wildman–Crippen MR) is 89.8 cm³/mol. The van der Waals surface area contributed by atoms with Crippen LogP contribution < -0.4 is 5.32 Å². The van der Waals surface area contributed by atoms with Crippen LogP contribution in [0, 0.1) is 0 Å². The summed E-state index contributed by atoms with van der Waals surface area (Å²) < 4.78 is 6.10. The maximum Gasteiger partial charge on any atom is 0.254 e. The van der Waals surface area contributed by atoms with Gasteiger partial charge in [0.25, 0.3) is 5.91 Å². The molecule has 2 aliphatic rings. The summed E-state index contributed by atoms with van der Waals surface area (Å²) in [6, 6.07) is 7.98. The largest absolute Gasteiger partial charge is 0.371 e. The third-order valence-electron chi connectivity index (χ3n) is 4.60. The zero-order valence-electron chi connectivity index (χ0n) is 12.8. The Hall–Kier alpha value is -1.92. The van der Waals surface area contributed by atoms with Crippen LogP contribution in [0.2, 0.25) is 0 Å². The van der Waals surface area contributed by atoms with Crippen LogP contribution in [0.1, 0.15) is 23.2 Å². The number of pyridine rings is 1. The quantitative estimate of drug-likeness (QED) is 0.940. The van der Waals surface area contributed by atoms with E-state index >= 15 is 0 Å². The lowest BCUT2D eigenvalue weighted by atomic mass is 9.97. The Morgan fingerprint density at radius 2 is 2.39 bits per heavy atom. The highest BCUT2D eigenvalue weighted by Gasteiger charge is 2.46. The van der Waals surface area contributed by atoms with E-state index in [1.54, 1.807) is 17.5 Å². The van der Waals surface area contributed by atoms with E-state index in [0.29, 0.717) is 13.2 Å². The van der Waals surface area contributed by atoms with Crippen LogP contribution in [0.25, 0.3) is 0 Å². The summed E-state index contributed by atoms with van der Waals surface area (Å²) in [6.45, 7) is 2.12. The van der Waals surface area contributed by atoms with Gasteiger partial charge in [-0.05, 0) is 30.0 Å². The molecule has 4 rings (SSSR count). The van der Waals surface area contributed by atoms with Gasteiger partial charge in [0, 0.05) is 24.5 Å². The number of carbonyl (C=O) groups excluding carboxylic acids is 1. The van der Waals surface area contributed by atoms with Crippen molar-refractivity contribution >= 4 is 23.1 Å². The van der Waals surface area contributed by atoms with E-state index in [0.717, 1.165) is 30.8 Å². The standard InChI is InChI=1S/C17H19N3O2S/c21-16(13-4-8-23-11-13)20-7-5-17(12-20)9-14(10-22-17)19-15-3-1-2-6-18-15/h1-4,6,8,11,14H,5,7,9-10,12H2,(H,18,19)/t14-,17+/m1/s1. The molecule has 6 heteroatoms. The molecule has 0 unspecified atom stereocenters. The van der Waals surface area contributed by atoms with Gasteiger partial charge in [-0.15, -0.1) is 0 Å². The SMILES string of the molecule is O=C(c1ccsc1)N1CC[C@]2(C[C@@H](Nc3ccccn3)CO2)C1. The van der Waals surface area contributed by atoms with E-state index in [9.17, 15) is 4.79 Å². The highest BCUT2D eigenvalue weighted by atomic mass is 32.1. The molecule has 2 saturated heterocycles. The van der Waals surface area contributed by atoms with Crippen molar-refractivity contribution in [3.05, 3.63) is 46.8 Å². The van der Waals surface area contributed by atoms with Crippen molar-refractivity contribution in [3.63, 3.8) is 0 Å². The number of anilines is 1. The smallest absolute Gasteiger partial charge is 0.254 e. The van der Waals surface area contributed by atoms with Crippen molar-refractivity contribution in [2.75, 3.05) is 25.0 Å². The summed E-state index contributed by atoms with van der Waals surface area (Å²) in [5.74, 6) is 0.996. The fourth-order valence-electron chi connectivity index (χ4n) is 3.47. The minimum Gasteiger partial charge on any atom is -0.371 e. The number of nitrogens with zero attached hydrogens (tertiary/aromatic N) is 2. The Labute approximate surface area is 139 Å². The van der Waals surface area contributed by atoms with Crippen LogP contribution in [-0.4, -0.2) is 47.1 Å². The first-order valence-electron chi connectivity index (χ1n) is 7.87. The molecule has 2 aromatic rings. The molecule has 0 aromatic carbocycles. The Morgan fingerprint density at radius 1 is 1.43 bits per heavy atom. The Kier molecular flexibility index (Phi) is 3.79. The number of ether oxygens (including phenoxy) is 1. The second-order valence-corrected chi connectivity index (χ2v) is 7.02. The molecular weight excluding hydrogens is 310 g/mol. The topological polar surface area (TPSA) is 54.5 Å². The van der Waals surface area contributed by atoms with Gasteiger partial charge >= 0.3 is 0 Å². The van der Waals surface area contributed by atoms with Gasteiger partial charge in [0.05, 0.1) is 30.4 Å². The second kappa shape index (κ2) is 5.94. The molecule has 1 spiro atoms. The van der Waals surface area contributed by atoms with Crippen LogP contribution in [0.5, 0.6) is 0 Å². The van der Waals surface area contributed by atoms with E-state index < -0.39 is 0 Å². The summed E-state index contributed by atoms with van der Waals surface area (Å²) in [4.78, 5) is 18.7. The molecule has 0 bridgehead atoms. The van der Waals surface area contributed by atoms with Crippen LogP contribution in [0.4, 0.5) is 5.82 Å². The fraction of sp³-hybridized carbons (Fsp3) is 0.412. The number of amides is 1. The van der Waals surface area contributed by atoms with Crippen molar-refractivity contribution in [1.29, 1.82) is 0 Å². The number of aromatic nitrogens is 1. The maximum atomic E-state index is 12.5. The number of nitrogens with one attached hydrogen (secondary N) is 1. The van der Waals surface area contributed by atoms with Gasteiger partial charge in [-0.25, -0.2) is 4.98 Å². The second-order valence-electron chi connectivity index (χ2n) is 6.24. The van der Waals surface area contributed by atoms with Crippen LogP contribution in [0.15, 0.2) is 41.2 Å². The van der Waals surface area contributed by atoms with E-state index in [1.807, 2.05) is 39.9 Å². The highest BCUT2D eigenvalue weighted by molar-refractivity contribution is 7.08. The molecule has 2 atom stereocenters. The first kappa shape index (κ1) is 14.7. The van der Waals surface area contributed by atoms with E-state index in [-0.39, 0.29) is 17.6 Å². The van der Waals surface area contributed by atoms with Gasteiger partial charge in [-0.3, -0.25) is 4.79 Å². The van der Waals surface area contributed by atoms with Gasteiger partial charge in [-0.1, -0.05) is 6.07 Å². The molecule has 2 aromatic heterocycles. The lowest BCUT2D eigenvalue weighted by Crippen LogP contribution is -2.36. The zero-order chi connectivity index (χ0) is 15.7. The molecule has 0 aliphatic carbocycles. The number of rotatable bonds is 3. The average Bonchev–Trinajstić information content (AvgIpc) is 3.31. The molecule has 0 radical (unpaired) electrons. The van der Waals surface area contributed by atoms with Crippen LogP contribution in [-0.2, 0) is 4.74 Å². The molecule has 4 heterocycles. The van der Waals surface area contributed by atoms with Gasteiger partial charge in [0.15, 0.2) is 0 Å². The monoisotopic (exact) mass is 329 g/mol. The minimum atomic E-state index is -0.196. The molecule has 1 amide bonds. The van der Waals surface area contributed by atoms with Crippen LogP contribution in [0.3, 0.4) is 0 Å². The Morgan fingerprint density at radius 3 is 3.17 bits per heavy atom. The average molecular weight is 329 g/mol. The fourth-order valence-corrected chi connectivity index (χ4v) is 4.10. The van der Waals surface area contributed by atoms with Gasteiger partial charge in [0.1, 0.15) is 5.82 Å². The van der Waals surface area contributed by atoms with Crippen molar-refractivity contribution in [2.45, 2.75) is 24.5 Å². The molecule has 2 aliphatic heterocycles. The van der Waals surface area contributed by atoms with Gasteiger partial charge in [0.2, 0.25) is 0 Å². The Balaban J connectivity index is 1.38. The molecular formula is C17H19N3O2S. The molecule has 0 saturated carbocycles. The van der Waals surface area contributed by atoms with Crippen molar-refractivity contribution in [2.24, 2.45) is 0 Å². The number of hydrogen-bond donors (Lipinski definition) is 1. The minimum absolute atomic E-state index is 0.118. The van der Waals surface area contributed by atoms with E-state index in [2.05, 4.69) is 10.3 Å².